The Kier molecular flexibility index (Phi) is 10.3. The van der Waals surface area contributed by atoms with E-state index in [0.717, 1.165) is 11.3 Å². The molecular formula is C21H29IN4O3. The summed E-state index contributed by atoms with van der Waals surface area (Å²) in [5.41, 5.74) is 8.36. The van der Waals surface area contributed by atoms with E-state index in [1.54, 1.807) is 31.3 Å². The van der Waals surface area contributed by atoms with Crippen LogP contribution in [0.3, 0.4) is 0 Å². The van der Waals surface area contributed by atoms with Gasteiger partial charge in [0.15, 0.2) is 17.5 Å². The number of nitrogens with one attached hydrogen (secondary N) is 1. The maximum Gasteiger partial charge on any atom is 0.253 e. The van der Waals surface area contributed by atoms with Crippen LogP contribution in [0.5, 0.6) is 11.5 Å². The molecule has 8 heteroatoms. The zero-order valence-electron chi connectivity index (χ0n) is 17.3. The highest BCUT2D eigenvalue weighted by molar-refractivity contribution is 14.0. The molecule has 0 unspecified atom stereocenters. The van der Waals surface area contributed by atoms with Gasteiger partial charge in [0, 0.05) is 30.4 Å². The van der Waals surface area contributed by atoms with Crippen LogP contribution < -0.4 is 20.5 Å². The Labute approximate surface area is 189 Å². The van der Waals surface area contributed by atoms with Gasteiger partial charge in [-0.1, -0.05) is 12.1 Å². The first-order valence-corrected chi connectivity index (χ1v) is 9.19. The molecule has 29 heavy (non-hydrogen) atoms. The Bertz CT molecular complexity index is 821. The van der Waals surface area contributed by atoms with Crippen molar-refractivity contribution in [1.82, 2.24) is 4.90 Å². The molecule has 0 aliphatic heterocycles. The van der Waals surface area contributed by atoms with Gasteiger partial charge in [-0.15, -0.1) is 24.0 Å². The molecule has 1 amide bonds. The number of anilines is 1. The normalized spacial score (nSPS) is 10.7. The summed E-state index contributed by atoms with van der Waals surface area (Å²) in [5.74, 6) is 1.57. The molecule has 158 valence electrons. The van der Waals surface area contributed by atoms with Crippen LogP contribution in [0.15, 0.2) is 47.5 Å². The number of benzene rings is 2. The zero-order valence-corrected chi connectivity index (χ0v) is 19.6. The lowest BCUT2D eigenvalue weighted by Gasteiger charge is -2.18. The fourth-order valence-electron chi connectivity index (χ4n) is 2.72. The van der Waals surface area contributed by atoms with E-state index in [0.29, 0.717) is 36.7 Å². The minimum Gasteiger partial charge on any atom is -0.493 e. The summed E-state index contributed by atoms with van der Waals surface area (Å²) in [4.78, 5) is 18.5. The number of hydrogen-bond donors (Lipinski definition) is 2. The van der Waals surface area contributed by atoms with Gasteiger partial charge in [0.25, 0.3) is 5.91 Å². The smallest absolute Gasteiger partial charge is 0.253 e. The molecule has 0 saturated carbocycles. The van der Waals surface area contributed by atoms with Gasteiger partial charge in [-0.3, -0.25) is 4.79 Å². The molecule has 7 nitrogen and oxygen atoms in total. The number of halogens is 1. The Morgan fingerprint density at radius 2 is 1.66 bits per heavy atom. The van der Waals surface area contributed by atoms with E-state index in [1.807, 2.05) is 44.2 Å². The largest absolute Gasteiger partial charge is 0.493 e. The molecule has 0 fully saturated rings. The van der Waals surface area contributed by atoms with Crippen LogP contribution in [0, 0.1) is 0 Å². The average Bonchev–Trinajstić information content (AvgIpc) is 2.73. The second kappa shape index (κ2) is 12.2. The van der Waals surface area contributed by atoms with Gasteiger partial charge >= 0.3 is 0 Å². The molecule has 0 aromatic heterocycles. The summed E-state index contributed by atoms with van der Waals surface area (Å²) in [5, 5.41) is 3.03. The predicted molar refractivity (Wildman–Crippen MR) is 128 cm³/mol. The van der Waals surface area contributed by atoms with Crippen molar-refractivity contribution in [3.63, 3.8) is 0 Å². The Morgan fingerprint density at radius 3 is 2.21 bits per heavy atom. The fraction of sp³-hybridized carbons (Fsp3) is 0.333. The van der Waals surface area contributed by atoms with Gasteiger partial charge < -0.3 is 25.4 Å². The molecular weight excluding hydrogens is 483 g/mol. The fourth-order valence-corrected chi connectivity index (χ4v) is 2.72. The molecule has 0 saturated heterocycles. The van der Waals surface area contributed by atoms with Crippen LogP contribution in [-0.4, -0.2) is 44.1 Å². The van der Waals surface area contributed by atoms with Crippen LogP contribution in [0.2, 0.25) is 0 Å². The lowest BCUT2D eigenvalue weighted by Crippen LogP contribution is -2.30. The minimum absolute atomic E-state index is 0. The Morgan fingerprint density at radius 1 is 1.03 bits per heavy atom. The van der Waals surface area contributed by atoms with E-state index in [9.17, 15) is 4.79 Å². The average molecular weight is 512 g/mol. The van der Waals surface area contributed by atoms with Crippen molar-refractivity contribution in [3.8, 4) is 11.5 Å². The quantitative estimate of drug-likeness (QED) is 0.320. The highest BCUT2D eigenvalue weighted by atomic mass is 127. The summed E-state index contributed by atoms with van der Waals surface area (Å²) < 4.78 is 10.5. The molecule has 0 atom stereocenters. The second-order valence-corrected chi connectivity index (χ2v) is 6.07. The van der Waals surface area contributed by atoms with E-state index < -0.39 is 0 Å². The first-order valence-electron chi connectivity index (χ1n) is 9.19. The number of rotatable bonds is 8. The van der Waals surface area contributed by atoms with Crippen molar-refractivity contribution < 1.29 is 14.3 Å². The summed E-state index contributed by atoms with van der Waals surface area (Å²) in [6.07, 6.45) is 0. The number of nitrogens with two attached hydrogens (primary N) is 1. The maximum atomic E-state index is 12.3. The predicted octanol–water partition coefficient (Wildman–Crippen LogP) is 3.73. The molecule has 0 radical (unpaired) electrons. The van der Waals surface area contributed by atoms with Crippen molar-refractivity contribution in [2.24, 2.45) is 10.7 Å². The van der Waals surface area contributed by atoms with E-state index in [2.05, 4.69) is 10.3 Å². The van der Waals surface area contributed by atoms with E-state index in [-0.39, 0.29) is 35.8 Å². The summed E-state index contributed by atoms with van der Waals surface area (Å²) in [6.45, 7) is 5.74. The first kappa shape index (κ1) is 24.5. The lowest BCUT2D eigenvalue weighted by molar-refractivity contribution is 0.0773. The number of guanidine groups is 1. The molecule has 2 rings (SSSR count). The number of amides is 1. The summed E-state index contributed by atoms with van der Waals surface area (Å²) >= 11 is 0. The lowest BCUT2D eigenvalue weighted by atomic mass is 10.1. The third-order valence-electron chi connectivity index (χ3n) is 4.34. The van der Waals surface area contributed by atoms with Gasteiger partial charge in [0.2, 0.25) is 0 Å². The second-order valence-electron chi connectivity index (χ2n) is 6.07. The number of carbonyl (C=O) groups excluding carboxylic acids is 1. The van der Waals surface area contributed by atoms with Crippen molar-refractivity contribution in [1.29, 1.82) is 0 Å². The Balaban J connectivity index is 0.00000420. The first-order chi connectivity index (χ1) is 13.5. The van der Waals surface area contributed by atoms with E-state index in [4.69, 9.17) is 15.2 Å². The number of methoxy groups -OCH3 is 2. The maximum absolute atomic E-state index is 12.3. The standard InChI is InChI=1S/C21H28N4O3.HI/c1-5-25(6-2)20(26)16-9-7-15(8-10-16)14-23-21(22)24-17-11-12-18(27-3)19(13-17)28-4;/h7-13H,5-6,14H2,1-4H3,(H3,22,23,24);1H. The molecule has 3 N–H and O–H groups in total. The van der Waals surface area contributed by atoms with Gasteiger partial charge in [0.1, 0.15) is 0 Å². The Hall–Kier alpha value is -2.49. The molecule has 0 aliphatic carbocycles. The van der Waals surface area contributed by atoms with Crippen molar-refractivity contribution >= 4 is 41.5 Å². The third-order valence-corrected chi connectivity index (χ3v) is 4.34. The van der Waals surface area contributed by atoms with Crippen molar-refractivity contribution in [2.75, 3.05) is 32.6 Å². The molecule has 0 aliphatic rings. The van der Waals surface area contributed by atoms with Gasteiger partial charge in [-0.2, -0.15) is 0 Å². The number of ether oxygens (including phenoxy) is 2. The highest BCUT2D eigenvalue weighted by Crippen LogP contribution is 2.29. The SMILES string of the molecule is CCN(CC)C(=O)c1ccc(CN=C(N)Nc2ccc(OC)c(OC)c2)cc1.I. The van der Waals surface area contributed by atoms with Gasteiger partial charge in [-0.05, 0) is 43.7 Å². The van der Waals surface area contributed by atoms with E-state index in [1.165, 1.54) is 0 Å². The van der Waals surface area contributed by atoms with Crippen LogP contribution in [-0.2, 0) is 6.54 Å². The molecule has 2 aromatic carbocycles. The van der Waals surface area contributed by atoms with Gasteiger partial charge in [0.05, 0.1) is 20.8 Å². The molecule has 2 aromatic rings. The van der Waals surface area contributed by atoms with Gasteiger partial charge in [-0.25, -0.2) is 4.99 Å². The number of hydrogen-bond acceptors (Lipinski definition) is 4. The van der Waals surface area contributed by atoms with Crippen molar-refractivity contribution in [2.45, 2.75) is 20.4 Å². The summed E-state index contributed by atoms with van der Waals surface area (Å²) in [7, 11) is 3.16. The van der Waals surface area contributed by atoms with Crippen LogP contribution in [0.25, 0.3) is 0 Å². The van der Waals surface area contributed by atoms with Crippen LogP contribution >= 0.6 is 24.0 Å². The van der Waals surface area contributed by atoms with E-state index >= 15 is 0 Å². The number of nitrogens with zero attached hydrogens (tertiary/aromatic N) is 2. The zero-order chi connectivity index (χ0) is 20.5. The third kappa shape index (κ3) is 6.81. The minimum atomic E-state index is 0. The monoisotopic (exact) mass is 512 g/mol. The topological polar surface area (TPSA) is 89.2 Å². The summed E-state index contributed by atoms with van der Waals surface area (Å²) in [6, 6.07) is 12.8. The van der Waals surface area contributed by atoms with Crippen LogP contribution in [0.4, 0.5) is 5.69 Å². The molecule has 0 spiro atoms. The highest BCUT2D eigenvalue weighted by Gasteiger charge is 2.11. The number of aliphatic imine (C=N–C) groups is 1. The van der Waals surface area contributed by atoms with Crippen LogP contribution in [0.1, 0.15) is 29.8 Å². The van der Waals surface area contributed by atoms with Crippen molar-refractivity contribution in [3.05, 3.63) is 53.6 Å². The molecule has 0 bridgehead atoms. The molecule has 0 heterocycles. The number of carbonyl (C=O) groups is 1.